The summed E-state index contributed by atoms with van der Waals surface area (Å²) < 4.78 is 0. The average Bonchev–Trinajstić information content (AvgIpc) is 2.46. The Balaban J connectivity index is 2.96. The van der Waals surface area contributed by atoms with E-state index in [4.69, 9.17) is 0 Å². The van der Waals surface area contributed by atoms with Crippen molar-refractivity contribution in [2.45, 2.75) is 13.8 Å². The molecule has 108 valence electrons. The molecular weight excluding hydrogens is 252 g/mol. The van der Waals surface area contributed by atoms with Crippen molar-refractivity contribution in [1.82, 2.24) is 9.80 Å². The van der Waals surface area contributed by atoms with Gasteiger partial charge in [-0.2, -0.15) is 0 Å². The molecule has 1 rings (SSSR count). The molecule has 0 fully saturated rings. The molecule has 1 aromatic carbocycles. The summed E-state index contributed by atoms with van der Waals surface area (Å²) in [4.78, 5) is 27.8. The van der Waals surface area contributed by atoms with Gasteiger partial charge in [-0.05, 0) is 26.0 Å². The standard InChI is InChI=1S/C16H22N2O2/c1-5-18(6-2)16(20)14-9-7-8-13(12-14)15(19)10-11-17(3)4/h7-12H,5-6H2,1-4H3/b11-10+. The first-order chi connectivity index (χ1) is 9.49. The highest BCUT2D eigenvalue weighted by molar-refractivity contribution is 6.06. The minimum absolute atomic E-state index is 0.0405. The molecule has 1 amide bonds. The van der Waals surface area contributed by atoms with Crippen molar-refractivity contribution in [3.8, 4) is 0 Å². The summed E-state index contributed by atoms with van der Waals surface area (Å²) >= 11 is 0. The van der Waals surface area contributed by atoms with Crippen LogP contribution in [0.5, 0.6) is 0 Å². The van der Waals surface area contributed by atoms with Crippen LogP contribution in [0, 0.1) is 0 Å². The molecule has 0 N–H and O–H groups in total. The van der Waals surface area contributed by atoms with E-state index in [2.05, 4.69) is 0 Å². The Hall–Kier alpha value is -2.10. The predicted molar refractivity (Wildman–Crippen MR) is 80.9 cm³/mol. The highest BCUT2D eigenvalue weighted by Crippen LogP contribution is 2.10. The van der Waals surface area contributed by atoms with Crippen molar-refractivity contribution in [3.63, 3.8) is 0 Å². The van der Waals surface area contributed by atoms with Crippen LogP contribution in [0.15, 0.2) is 36.5 Å². The van der Waals surface area contributed by atoms with Gasteiger partial charge in [0.1, 0.15) is 0 Å². The highest BCUT2D eigenvalue weighted by Gasteiger charge is 2.13. The van der Waals surface area contributed by atoms with Crippen LogP contribution in [0.25, 0.3) is 0 Å². The van der Waals surface area contributed by atoms with E-state index in [1.54, 1.807) is 40.3 Å². The van der Waals surface area contributed by atoms with Crippen LogP contribution in [-0.2, 0) is 0 Å². The van der Waals surface area contributed by atoms with Crippen molar-refractivity contribution >= 4 is 11.7 Å². The lowest BCUT2D eigenvalue weighted by Gasteiger charge is -2.18. The third-order valence-corrected chi connectivity index (χ3v) is 2.97. The fourth-order valence-electron chi connectivity index (χ4n) is 1.81. The molecule has 0 radical (unpaired) electrons. The van der Waals surface area contributed by atoms with Gasteiger partial charge in [0.15, 0.2) is 5.78 Å². The summed E-state index contributed by atoms with van der Waals surface area (Å²) in [5.74, 6) is -0.144. The van der Waals surface area contributed by atoms with Crippen molar-refractivity contribution in [3.05, 3.63) is 47.7 Å². The molecule has 0 aromatic heterocycles. The summed E-state index contributed by atoms with van der Waals surface area (Å²) in [6, 6.07) is 6.87. The van der Waals surface area contributed by atoms with Crippen molar-refractivity contribution in [2.24, 2.45) is 0 Å². The van der Waals surface area contributed by atoms with Crippen LogP contribution in [-0.4, -0.2) is 48.7 Å². The van der Waals surface area contributed by atoms with Gasteiger partial charge in [-0.15, -0.1) is 0 Å². The van der Waals surface area contributed by atoms with Gasteiger partial charge in [0.2, 0.25) is 0 Å². The van der Waals surface area contributed by atoms with Crippen LogP contribution in [0.4, 0.5) is 0 Å². The van der Waals surface area contributed by atoms with E-state index in [9.17, 15) is 9.59 Å². The van der Waals surface area contributed by atoms with E-state index in [0.29, 0.717) is 24.2 Å². The van der Waals surface area contributed by atoms with E-state index in [0.717, 1.165) is 0 Å². The Bertz CT molecular complexity index is 503. The number of benzene rings is 1. The van der Waals surface area contributed by atoms with Crippen molar-refractivity contribution in [2.75, 3.05) is 27.2 Å². The molecule has 20 heavy (non-hydrogen) atoms. The largest absolute Gasteiger partial charge is 0.383 e. The molecule has 0 aliphatic heterocycles. The molecule has 0 bridgehead atoms. The Labute approximate surface area is 120 Å². The normalized spacial score (nSPS) is 10.6. The second-order valence-electron chi connectivity index (χ2n) is 4.70. The fraction of sp³-hybridized carbons (Fsp3) is 0.375. The number of nitrogens with zero attached hydrogens (tertiary/aromatic N) is 2. The zero-order chi connectivity index (χ0) is 15.1. The monoisotopic (exact) mass is 274 g/mol. The summed E-state index contributed by atoms with van der Waals surface area (Å²) in [5, 5.41) is 0. The number of rotatable bonds is 6. The first-order valence-corrected chi connectivity index (χ1v) is 6.77. The fourth-order valence-corrected chi connectivity index (χ4v) is 1.81. The first-order valence-electron chi connectivity index (χ1n) is 6.77. The van der Waals surface area contributed by atoms with Crippen LogP contribution < -0.4 is 0 Å². The van der Waals surface area contributed by atoms with Crippen LogP contribution >= 0.6 is 0 Å². The Morgan fingerprint density at radius 1 is 1.10 bits per heavy atom. The third-order valence-electron chi connectivity index (χ3n) is 2.97. The van der Waals surface area contributed by atoms with Gasteiger partial charge in [-0.1, -0.05) is 12.1 Å². The van der Waals surface area contributed by atoms with E-state index in [-0.39, 0.29) is 11.7 Å². The maximum absolute atomic E-state index is 12.2. The van der Waals surface area contributed by atoms with E-state index in [1.807, 2.05) is 27.9 Å². The lowest BCUT2D eigenvalue weighted by atomic mass is 10.1. The van der Waals surface area contributed by atoms with Gasteiger partial charge in [0, 0.05) is 50.6 Å². The number of carbonyl (C=O) groups is 2. The van der Waals surface area contributed by atoms with Gasteiger partial charge in [0.05, 0.1) is 0 Å². The summed E-state index contributed by atoms with van der Waals surface area (Å²) in [7, 11) is 3.70. The number of amides is 1. The van der Waals surface area contributed by atoms with Crippen molar-refractivity contribution in [1.29, 1.82) is 0 Å². The number of carbonyl (C=O) groups excluding carboxylic acids is 2. The molecule has 0 unspecified atom stereocenters. The maximum Gasteiger partial charge on any atom is 0.253 e. The molecular formula is C16H22N2O2. The molecule has 0 atom stereocenters. The van der Waals surface area contributed by atoms with Gasteiger partial charge in [0.25, 0.3) is 5.91 Å². The van der Waals surface area contributed by atoms with Crippen LogP contribution in [0.1, 0.15) is 34.6 Å². The molecule has 0 saturated heterocycles. The van der Waals surface area contributed by atoms with Gasteiger partial charge in [-0.25, -0.2) is 0 Å². The minimum atomic E-state index is -0.104. The molecule has 4 nitrogen and oxygen atoms in total. The summed E-state index contributed by atoms with van der Waals surface area (Å²) in [6.07, 6.45) is 3.20. The highest BCUT2D eigenvalue weighted by atomic mass is 16.2. The van der Waals surface area contributed by atoms with Gasteiger partial charge in [-0.3, -0.25) is 9.59 Å². The second kappa shape index (κ2) is 7.48. The number of hydrogen-bond acceptors (Lipinski definition) is 3. The zero-order valence-corrected chi connectivity index (χ0v) is 12.6. The first kappa shape index (κ1) is 16.0. The molecule has 0 aliphatic rings. The number of ketones is 1. The zero-order valence-electron chi connectivity index (χ0n) is 12.6. The van der Waals surface area contributed by atoms with E-state index >= 15 is 0 Å². The number of hydrogen-bond donors (Lipinski definition) is 0. The van der Waals surface area contributed by atoms with Crippen molar-refractivity contribution < 1.29 is 9.59 Å². The molecule has 4 heteroatoms. The smallest absolute Gasteiger partial charge is 0.253 e. The lowest BCUT2D eigenvalue weighted by Crippen LogP contribution is -2.30. The average molecular weight is 274 g/mol. The summed E-state index contributed by atoms with van der Waals surface area (Å²) in [6.45, 7) is 5.20. The van der Waals surface area contributed by atoms with Gasteiger partial charge < -0.3 is 9.80 Å². The van der Waals surface area contributed by atoms with E-state index < -0.39 is 0 Å². The topological polar surface area (TPSA) is 40.6 Å². The second-order valence-corrected chi connectivity index (χ2v) is 4.70. The van der Waals surface area contributed by atoms with Crippen LogP contribution in [0.3, 0.4) is 0 Å². The van der Waals surface area contributed by atoms with E-state index in [1.165, 1.54) is 6.08 Å². The molecule has 1 aromatic rings. The molecule has 0 aliphatic carbocycles. The molecule has 0 saturated carbocycles. The predicted octanol–water partition coefficient (Wildman–Crippen LogP) is 2.43. The van der Waals surface area contributed by atoms with Gasteiger partial charge >= 0.3 is 0 Å². The minimum Gasteiger partial charge on any atom is -0.383 e. The molecule has 0 spiro atoms. The van der Waals surface area contributed by atoms with Crippen LogP contribution in [0.2, 0.25) is 0 Å². The summed E-state index contributed by atoms with van der Waals surface area (Å²) in [5.41, 5.74) is 1.08. The Kier molecular flexibility index (Phi) is 5.97. The SMILES string of the molecule is CCN(CC)C(=O)c1cccc(C(=O)/C=C/N(C)C)c1. The molecule has 0 heterocycles. The Morgan fingerprint density at radius 2 is 1.70 bits per heavy atom. The quantitative estimate of drug-likeness (QED) is 0.591. The maximum atomic E-state index is 12.2. The Morgan fingerprint density at radius 3 is 2.25 bits per heavy atom. The third kappa shape index (κ3) is 4.23. The number of allylic oxidation sites excluding steroid dienone is 1. The lowest BCUT2D eigenvalue weighted by molar-refractivity contribution is 0.0773.